The van der Waals surface area contributed by atoms with Crippen molar-refractivity contribution in [2.75, 3.05) is 26.2 Å². The Hall–Kier alpha value is -3.06. The summed E-state index contributed by atoms with van der Waals surface area (Å²) in [4.78, 5) is 31.3. The van der Waals surface area contributed by atoms with Crippen molar-refractivity contribution >= 4 is 23.2 Å². The summed E-state index contributed by atoms with van der Waals surface area (Å²) in [6.07, 6.45) is 2.29. The Morgan fingerprint density at radius 2 is 2.03 bits per heavy atom. The second-order valence-corrected chi connectivity index (χ2v) is 9.79. The number of benzene rings is 1. The van der Waals surface area contributed by atoms with Crippen molar-refractivity contribution in [3.63, 3.8) is 0 Å². The summed E-state index contributed by atoms with van der Waals surface area (Å²) in [6, 6.07) is 13.1. The van der Waals surface area contributed by atoms with Gasteiger partial charge in [0.05, 0.1) is 12.3 Å². The summed E-state index contributed by atoms with van der Waals surface area (Å²) >= 11 is 1.72. The summed E-state index contributed by atoms with van der Waals surface area (Å²) in [7, 11) is 0. The Bertz CT molecular complexity index is 1090. The number of amides is 2. The van der Waals surface area contributed by atoms with Crippen LogP contribution in [0, 0.1) is 12.8 Å². The number of hydrogen-bond acceptors (Lipinski definition) is 5. The van der Waals surface area contributed by atoms with E-state index in [1.54, 1.807) is 28.4 Å². The van der Waals surface area contributed by atoms with Crippen molar-refractivity contribution in [1.82, 2.24) is 9.80 Å². The van der Waals surface area contributed by atoms with Crippen LogP contribution in [0.5, 0.6) is 5.75 Å². The lowest BCUT2D eigenvalue weighted by Crippen LogP contribution is -2.48. The molecule has 0 aliphatic carbocycles. The quantitative estimate of drug-likeness (QED) is 0.471. The van der Waals surface area contributed by atoms with Crippen molar-refractivity contribution in [2.24, 2.45) is 5.92 Å². The van der Waals surface area contributed by atoms with Crippen LogP contribution in [0.3, 0.4) is 0 Å². The number of hydrogen-bond donors (Lipinski definition) is 0. The minimum absolute atomic E-state index is 0.0120. The van der Waals surface area contributed by atoms with Crippen LogP contribution in [0.25, 0.3) is 0 Å². The van der Waals surface area contributed by atoms with E-state index in [1.807, 2.05) is 49.9 Å². The third-order valence-electron chi connectivity index (χ3n) is 5.84. The molecule has 3 heterocycles. The fourth-order valence-corrected chi connectivity index (χ4v) is 5.16. The zero-order valence-corrected chi connectivity index (χ0v) is 20.1. The highest BCUT2D eigenvalue weighted by Crippen LogP contribution is 2.34. The van der Waals surface area contributed by atoms with Gasteiger partial charge in [-0.2, -0.15) is 0 Å². The predicted molar refractivity (Wildman–Crippen MR) is 129 cm³/mol. The Balaban J connectivity index is 1.53. The topological polar surface area (TPSA) is 63.0 Å². The van der Waals surface area contributed by atoms with Gasteiger partial charge in [0.1, 0.15) is 18.9 Å². The molecule has 1 aliphatic heterocycles. The van der Waals surface area contributed by atoms with Crippen molar-refractivity contribution < 1.29 is 18.7 Å². The molecular formula is C26H30N2O4S. The van der Waals surface area contributed by atoms with Gasteiger partial charge in [-0.15, -0.1) is 11.3 Å². The van der Waals surface area contributed by atoms with Crippen LogP contribution in [0.2, 0.25) is 0 Å². The summed E-state index contributed by atoms with van der Waals surface area (Å²) in [6.45, 7) is 7.55. The first-order valence-electron chi connectivity index (χ1n) is 11.3. The molecule has 174 valence electrons. The third-order valence-corrected chi connectivity index (χ3v) is 6.83. The van der Waals surface area contributed by atoms with Gasteiger partial charge in [-0.25, -0.2) is 0 Å². The number of aryl methyl sites for hydroxylation is 1. The highest BCUT2D eigenvalue weighted by atomic mass is 32.1. The van der Waals surface area contributed by atoms with E-state index < -0.39 is 0 Å². The fourth-order valence-electron chi connectivity index (χ4n) is 4.23. The molecular weight excluding hydrogens is 436 g/mol. The molecule has 0 saturated carbocycles. The first-order valence-corrected chi connectivity index (χ1v) is 12.2. The number of furan rings is 1. The molecule has 2 aromatic heterocycles. The smallest absolute Gasteiger partial charge is 0.290 e. The molecule has 0 bridgehead atoms. The van der Waals surface area contributed by atoms with Gasteiger partial charge in [0.15, 0.2) is 5.76 Å². The molecule has 6 nitrogen and oxygen atoms in total. The Morgan fingerprint density at radius 3 is 2.76 bits per heavy atom. The van der Waals surface area contributed by atoms with Gasteiger partial charge in [-0.05, 0) is 60.0 Å². The highest BCUT2D eigenvalue weighted by molar-refractivity contribution is 7.10. The van der Waals surface area contributed by atoms with Crippen molar-refractivity contribution in [2.45, 2.75) is 33.2 Å². The molecule has 1 aliphatic rings. The molecule has 0 fully saturated rings. The number of carbonyl (C=O) groups excluding carboxylic acids is 2. The van der Waals surface area contributed by atoms with Gasteiger partial charge in [-0.3, -0.25) is 9.59 Å². The molecule has 3 aromatic rings. The van der Waals surface area contributed by atoms with Crippen LogP contribution in [0.15, 0.2) is 58.5 Å². The second kappa shape index (κ2) is 10.3. The van der Waals surface area contributed by atoms with Gasteiger partial charge < -0.3 is 19.0 Å². The average molecular weight is 467 g/mol. The van der Waals surface area contributed by atoms with Crippen LogP contribution in [-0.4, -0.2) is 47.9 Å². The highest BCUT2D eigenvalue weighted by Gasteiger charge is 2.34. The zero-order valence-electron chi connectivity index (χ0n) is 19.3. The lowest BCUT2D eigenvalue weighted by atomic mass is 10.00. The van der Waals surface area contributed by atoms with E-state index in [-0.39, 0.29) is 36.1 Å². The number of para-hydroxylation sites is 1. The Kier molecular flexibility index (Phi) is 7.18. The van der Waals surface area contributed by atoms with Crippen molar-refractivity contribution in [3.8, 4) is 5.75 Å². The maximum atomic E-state index is 13.5. The lowest BCUT2D eigenvalue weighted by Gasteiger charge is -2.37. The van der Waals surface area contributed by atoms with Gasteiger partial charge >= 0.3 is 0 Å². The van der Waals surface area contributed by atoms with Gasteiger partial charge in [0.2, 0.25) is 5.91 Å². The monoisotopic (exact) mass is 466 g/mol. The first kappa shape index (κ1) is 23.1. The number of thiophene rings is 1. The first-order chi connectivity index (χ1) is 15.9. The molecule has 1 atom stereocenters. The van der Waals surface area contributed by atoms with E-state index in [1.165, 1.54) is 11.1 Å². The summed E-state index contributed by atoms with van der Waals surface area (Å²) < 4.78 is 11.5. The number of ether oxygens (including phenoxy) is 1. The molecule has 0 radical (unpaired) electrons. The van der Waals surface area contributed by atoms with Gasteiger partial charge in [0, 0.05) is 18.0 Å². The Morgan fingerprint density at radius 1 is 1.21 bits per heavy atom. The van der Waals surface area contributed by atoms with Crippen LogP contribution in [0.4, 0.5) is 0 Å². The molecule has 0 spiro atoms. The molecule has 4 rings (SSSR count). The van der Waals surface area contributed by atoms with E-state index in [9.17, 15) is 9.59 Å². The van der Waals surface area contributed by atoms with Crippen LogP contribution >= 0.6 is 11.3 Å². The Labute approximate surface area is 198 Å². The number of nitrogens with zero attached hydrogens (tertiary/aromatic N) is 2. The van der Waals surface area contributed by atoms with Crippen LogP contribution in [-0.2, 0) is 11.2 Å². The maximum Gasteiger partial charge on any atom is 0.290 e. The van der Waals surface area contributed by atoms with E-state index in [0.717, 1.165) is 23.3 Å². The molecule has 0 N–H and O–H groups in total. The minimum Gasteiger partial charge on any atom is -0.491 e. The molecule has 1 aromatic carbocycles. The van der Waals surface area contributed by atoms with Crippen LogP contribution < -0.4 is 4.74 Å². The maximum absolute atomic E-state index is 13.5. The normalized spacial score (nSPS) is 15.4. The van der Waals surface area contributed by atoms with Crippen molar-refractivity contribution in [3.05, 3.63) is 75.9 Å². The summed E-state index contributed by atoms with van der Waals surface area (Å²) in [5.41, 5.74) is 2.20. The van der Waals surface area contributed by atoms with Gasteiger partial charge in [-0.1, -0.05) is 32.0 Å². The molecule has 0 saturated heterocycles. The number of rotatable bonds is 8. The lowest BCUT2D eigenvalue weighted by molar-refractivity contribution is -0.135. The standard InChI is InChI=1S/C26H30N2O4S/c1-18(2)15-27(26(30)23-9-6-13-31-23)16-25(29)28-12-10-24-20(11-14-33-24)21(28)17-32-22-8-5-4-7-19(22)3/h4-9,11,13-14,18,21H,10,12,15-17H2,1-3H3. The zero-order chi connectivity index (χ0) is 23.4. The second-order valence-electron chi connectivity index (χ2n) is 8.79. The molecule has 2 amide bonds. The SMILES string of the molecule is Cc1ccccc1OCC1c2ccsc2CCN1C(=O)CN(CC(C)C)C(=O)c1ccco1. The van der Waals surface area contributed by atoms with Crippen molar-refractivity contribution in [1.29, 1.82) is 0 Å². The van der Waals surface area contributed by atoms with E-state index in [2.05, 4.69) is 11.4 Å². The van der Waals surface area contributed by atoms with E-state index >= 15 is 0 Å². The third kappa shape index (κ3) is 5.30. The summed E-state index contributed by atoms with van der Waals surface area (Å²) in [5, 5.41) is 2.07. The fraction of sp³-hybridized carbons (Fsp3) is 0.385. The summed E-state index contributed by atoms with van der Waals surface area (Å²) in [5.74, 6) is 0.957. The molecule has 33 heavy (non-hydrogen) atoms. The largest absolute Gasteiger partial charge is 0.491 e. The predicted octanol–water partition coefficient (Wildman–Crippen LogP) is 4.95. The van der Waals surface area contributed by atoms with E-state index in [4.69, 9.17) is 9.15 Å². The number of carbonyl (C=O) groups is 2. The minimum atomic E-state index is -0.261. The molecule has 7 heteroatoms. The van der Waals surface area contributed by atoms with E-state index in [0.29, 0.717) is 19.7 Å². The number of fused-ring (bicyclic) bond motifs is 1. The van der Waals surface area contributed by atoms with Gasteiger partial charge in [0.25, 0.3) is 5.91 Å². The average Bonchev–Trinajstić information content (AvgIpc) is 3.49. The van der Waals surface area contributed by atoms with Crippen LogP contribution in [0.1, 0.15) is 46.4 Å². The molecule has 1 unspecified atom stereocenters.